The van der Waals surface area contributed by atoms with E-state index in [2.05, 4.69) is 29.8 Å². The fourth-order valence-corrected chi connectivity index (χ4v) is 3.41. The maximum atomic E-state index is 12.0. The van der Waals surface area contributed by atoms with Crippen LogP contribution in [0.15, 0.2) is 0 Å². The number of urea groups is 1. The Kier molecular flexibility index (Phi) is 16.1. The molecule has 0 heterocycles. The van der Waals surface area contributed by atoms with Gasteiger partial charge >= 0.3 is 23.9 Å². The Hall–Kier alpha value is -2.89. The number of unbranched alkanes of at least 4 members (excludes halogenated alkanes) is 3. The van der Waals surface area contributed by atoms with Gasteiger partial charge in [0.05, 0.1) is 5.60 Å². The lowest BCUT2D eigenvalue weighted by molar-refractivity contribution is -0.140. The normalized spacial score (nSPS) is 12.9. The molecule has 0 aromatic rings. The van der Waals surface area contributed by atoms with E-state index in [1.807, 2.05) is 6.92 Å². The number of rotatable bonds is 20. The first kappa shape index (κ1) is 32.1. The molecule has 0 aliphatic rings. The van der Waals surface area contributed by atoms with Gasteiger partial charge in [-0.3, -0.25) is 9.59 Å². The van der Waals surface area contributed by atoms with Crippen molar-refractivity contribution in [2.75, 3.05) is 13.2 Å². The van der Waals surface area contributed by atoms with Gasteiger partial charge in [-0.05, 0) is 59.3 Å². The first-order valence-corrected chi connectivity index (χ1v) is 12.0. The molecule has 35 heavy (non-hydrogen) atoms. The Labute approximate surface area is 206 Å². The minimum Gasteiger partial charge on any atom is -0.481 e. The van der Waals surface area contributed by atoms with E-state index in [1.165, 1.54) is 0 Å². The molecule has 0 aliphatic heterocycles. The smallest absolute Gasteiger partial charge is 0.326 e. The van der Waals surface area contributed by atoms with Gasteiger partial charge in [0.1, 0.15) is 12.1 Å². The summed E-state index contributed by atoms with van der Waals surface area (Å²) in [5.41, 5.74) is -0.154. The van der Waals surface area contributed by atoms with Gasteiger partial charge in [0, 0.05) is 26.0 Å². The van der Waals surface area contributed by atoms with Crippen LogP contribution in [0, 0.1) is 0 Å². The monoisotopic (exact) mass is 503 g/mol. The highest BCUT2D eigenvalue weighted by Gasteiger charge is 2.24. The Balaban J connectivity index is 4.15. The van der Waals surface area contributed by atoms with Crippen LogP contribution in [0.4, 0.5) is 4.79 Å². The van der Waals surface area contributed by atoms with Crippen LogP contribution in [0.1, 0.15) is 85.0 Å². The summed E-state index contributed by atoms with van der Waals surface area (Å²) in [5, 5.41) is 34.1. The Morgan fingerprint density at radius 2 is 1.40 bits per heavy atom. The van der Waals surface area contributed by atoms with Crippen molar-refractivity contribution in [3.8, 4) is 0 Å². The molecule has 6 N–H and O–H groups in total. The number of amides is 3. The van der Waals surface area contributed by atoms with Gasteiger partial charge in [0.2, 0.25) is 5.91 Å². The van der Waals surface area contributed by atoms with Crippen LogP contribution in [0.2, 0.25) is 0 Å². The minimum atomic E-state index is -1.45. The predicted molar refractivity (Wildman–Crippen MR) is 127 cm³/mol. The summed E-state index contributed by atoms with van der Waals surface area (Å²) in [6.07, 6.45) is 4.24. The van der Waals surface area contributed by atoms with E-state index in [4.69, 9.17) is 14.9 Å². The van der Waals surface area contributed by atoms with Crippen molar-refractivity contribution in [2.24, 2.45) is 0 Å². The SMILES string of the molecule is CCOC(C)(C)CCCCCC(=O)NCCCC[C@H](NC(=O)N[C@@H](CCC(=O)O)C(=O)O)C(=O)O. The number of aliphatic carboxylic acids is 3. The summed E-state index contributed by atoms with van der Waals surface area (Å²) in [6, 6.07) is -3.71. The molecule has 0 bridgehead atoms. The van der Waals surface area contributed by atoms with Crippen LogP contribution >= 0.6 is 0 Å². The molecule has 0 aromatic carbocycles. The fourth-order valence-electron chi connectivity index (χ4n) is 3.41. The average molecular weight is 504 g/mol. The van der Waals surface area contributed by atoms with E-state index in [-0.39, 0.29) is 24.3 Å². The molecule has 0 radical (unpaired) electrons. The van der Waals surface area contributed by atoms with Crippen LogP contribution in [-0.4, -0.2) is 76.0 Å². The number of hydrogen-bond acceptors (Lipinski definition) is 6. The van der Waals surface area contributed by atoms with Crippen LogP contribution in [0.25, 0.3) is 0 Å². The van der Waals surface area contributed by atoms with Crippen LogP contribution in [-0.2, 0) is 23.9 Å². The number of carboxylic acids is 3. The van der Waals surface area contributed by atoms with E-state index in [9.17, 15) is 29.1 Å². The lowest BCUT2D eigenvalue weighted by Gasteiger charge is -2.24. The summed E-state index contributed by atoms with van der Waals surface area (Å²) in [7, 11) is 0. The van der Waals surface area contributed by atoms with E-state index in [0.29, 0.717) is 32.4 Å². The van der Waals surface area contributed by atoms with Crippen molar-refractivity contribution in [1.82, 2.24) is 16.0 Å². The molecule has 0 unspecified atom stereocenters. The predicted octanol–water partition coefficient (Wildman–Crippen LogP) is 2.11. The third kappa shape index (κ3) is 17.2. The standard InChI is InChI=1S/C23H41N3O9/c1-4-35-23(2,3)14-8-5-6-11-18(27)24-15-9-7-10-16(20(30)31)25-22(34)26-17(21(32)33)12-13-19(28)29/h16-17H,4-15H2,1-3H3,(H,24,27)(H,28,29)(H,30,31)(H,32,33)(H2,25,26,34)/t16-,17-/m0/s1. The molecular weight excluding hydrogens is 462 g/mol. The number of carbonyl (C=O) groups excluding carboxylic acids is 2. The van der Waals surface area contributed by atoms with Crippen molar-refractivity contribution in [2.45, 2.75) is 103 Å². The maximum Gasteiger partial charge on any atom is 0.326 e. The van der Waals surface area contributed by atoms with E-state index in [1.54, 1.807) is 0 Å². The van der Waals surface area contributed by atoms with Crippen molar-refractivity contribution in [3.05, 3.63) is 0 Å². The second-order valence-electron chi connectivity index (χ2n) is 8.93. The zero-order valence-corrected chi connectivity index (χ0v) is 20.9. The molecule has 0 aromatic heterocycles. The van der Waals surface area contributed by atoms with Crippen molar-refractivity contribution in [3.63, 3.8) is 0 Å². The molecule has 202 valence electrons. The maximum absolute atomic E-state index is 12.0. The van der Waals surface area contributed by atoms with Gasteiger partial charge in [-0.25, -0.2) is 14.4 Å². The summed E-state index contributed by atoms with van der Waals surface area (Å²) in [4.78, 5) is 57.0. The van der Waals surface area contributed by atoms with E-state index in [0.717, 1.165) is 25.7 Å². The van der Waals surface area contributed by atoms with E-state index >= 15 is 0 Å². The molecule has 12 nitrogen and oxygen atoms in total. The quantitative estimate of drug-likeness (QED) is 0.135. The van der Waals surface area contributed by atoms with Gasteiger partial charge in [-0.1, -0.05) is 12.8 Å². The van der Waals surface area contributed by atoms with E-state index < -0.39 is 42.4 Å². The molecule has 0 aliphatic carbocycles. The highest BCUT2D eigenvalue weighted by atomic mass is 16.5. The Morgan fingerprint density at radius 1 is 0.800 bits per heavy atom. The molecule has 3 amide bonds. The van der Waals surface area contributed by atoms with Crippen LogP contribution in [0.5, 0.6) is 0 Å². The first-order chi connectivity index (χ1) is 16.4. The van der Waals surface area contributed by atoms with Crippen LogP contribution in [0.3, 0.4) is 0 Å². The van der Waals surface area contributed by atoms with Gasteiger partial charge < -0.3 is 36.0 Å². The lowest BCUT2D eigenvalue weighted by atomic mass is 10.00. The minimum absolute atomic E-state index is 0.0672. The molecule has 0 rings (SSSR count). The number of carboxylic acid groups (broad SMARTS) is 3. The second-order valence-corrected chi connectivity index (χ2v) is 8.93. The highest BCUT2D eigenvalue weighted by molar-refractivity contribution is 5.86. The topological polar surface area (TPSA) is 191 Å². The highest BCUT2D eigenvalue weighted by Crippen LogP contribution is 2.18. The van der Waals surface area contributed by atoms with Crippen LogP contribution < -0.4 is 16.0 Å². The Morgan fingerprint density at radius 3 is 1.94 bits per heavy atom. The van der Waals surface area contributed by atoms with Crippen molar-refractivity contribution in [1.29, 1.82) is 0 Å². The molecule has 0 saturated carbocycles. The summed E-state index contributed by atoms with van der Waals surface area (Å²) >= 11 is 0. The summed E-state index contributed by atoms with van der Waals surface area (Å²) in [5.74, 6) is -3.98. The van der Waals surface area contributed by atoms with Crippen molar-refractivity contribution < 1.29 is 44.0 Å². The Bertz CT molecular complexity index is 698. The number of carbonyl (C=O) groups is 5. The van der Waals surface area contributed by atoms with Gasteiger partial charge in [0.15, 0.2) is 0 Å². The third-order valence-electron chi connectivity index (χ3n) is 5.31. The molecule has 12 heteroatoms. The number of ether oxygens (including phenoxy) is 1. The van der Waals surface area contributed by atoms with Gasteiger partial charge in [-0.15, -0.1) is 0 Å². The molecule has 2 atom stereocenters. The molecule has 0 fully saturated rings. The average Bonchev–Trinajstić information content (AvgIpc) is 2.74. The fraction of sp³-hybridized carbons (Fsp3) is 0.783. The first-order valence-electron chi connectivity index (χ1n) is 12.0. The largest absolute Gasteiger partial charge is 0.481 e. The molecule has 0 saturated heterocycles. The molecular formula is C23H41N3O9. The number of nitrogens with one attached hydrogen (secondary N) is 3. The third-order valence-corrected chi connectivity index (χ3v) is 5.31. The lowest BCUT2D eigenvalue weighted by Crippen LogP contribution is -2.51. The zero-order valence-electron chi connectivity index (χ0n) is 20.9. The summed E-state index contributed by atoms with van der Waals surface area (Å²) in [6.45, 7) is 7.12. The van der Waals surface area contributed by atoms with Gasteiger partial charge in [0.25, 0.3) is 0 Å². The van der Waals surface area contributed by atoms with Gasteiger partial charge in [-0.2, -0.15) is 0 Å². The summed E-state index contributed by atoms with van der Waals surface area (Å²) < 4.78 is 5.64. The number of hydrogen-bond donors (Lipinski definition) is 6. The molecule has 0 spiro atoms. The zero-order chi connectivity index (χ0) is 26.9. The second kappa shape index (κ2) is 17.5. The van der Waals surface area contributed by atoms with Crippen molar-refractivity contribution >= 4 is 29.8 Å².